The Morgan fingerprint density at radius 2 is 1.78 bits per heavy atom. The molecule has 0 amide bonds. The maximum absolute atomic E-state index is 14.3. The summed E-state index contributed by atoms with van der Waals surface area (Å²) >= 11 is 1.22. The third-order valence-electron chi connectivity index (χ3n) is 7.97. The number of methoxy groups -OCH3 is 2. The SMILES string of the molecule is CCOc1cc(/C=c2/sc3n(c2=O)[C@@H](c2cccc(OC)c2OCC)C(C(=O)OCCOC)=C(C)N=3)ccc1OCc1ccc2c(c1)OCO2. The summed E-state index contributed by atoms with van der Waals surface area (Å²) in [7, 11) is 3.06. The van der Waals surface area contributed by atoms with Crippen LogP contribution in [0.25, 0.3) is 6.08 Å². The Kier molecular flexibility index (Phi) is 10.7. The molecule has 262 valence electrons. The van der Waals surface area contributed by atoms with E-state index in [4.69, 9.17) is 42.9 Å². The van der Waals surface area contributed by atoms with Crippen LogP contribution in [0.5, 0.6) is 34.5 Å². The molecule has 1 aromatic heterocycles. The van der Waals surface area contributed by atoms with Gasteiger partial charge < -0.3 is 37.9 Å². The van der Waals surface area contributed by atoms with E-state index in [1.165, 1.54) is 30.1 Å². The van der Waals surface area contributed by atoms with Gasteiger partial charge in [-0.1, -0.05) is 35.6 Å². The molecule has 0 fully saturated rings. The van der Waals surface area contributed by atoms with E-state index in [1.807, 2.05) is 56.3 Å². The molecule has 6 rings (SSSR count). The number of carbonyl (C=O) groups excluding carboxylic acids is 1. The number of nitrogens with zero attached hydrogens (tertiary/aromatic N) is 2. The molecule has 0 saturated heterocycles. The summed E-state index contributed by atoms with van der Waals surface area (Å²) in [5.41, 5.74) is 2.51. The van der Waals surface area contributed by atoms with Gasteiger partial charge in [0.1, 0.15) is 19.3 Å². The van der Waals surface area contributed by atoms with Crippen molar-refractivity contribution in [1.82, 2.24) is 4.57 Å². The lowest BCUT2D eigenvalue weighted by Gasteiger charge is -2.27. The van der Waals surface area contributed by atoms with Gasteiger partial charge >= 0.3 is 5.97 Å². The lowest BCUT2D eigenvalue weighted by Crippen LogP contribution is -2.40. The van der Waals surface area contributed by atoms with Crippen LogP contribution in [0.1, 0.15) is 43.5 Å². The van der Waals surface area contributed by atoms with Gasteiger partial charge in [-0.15, -0.1) is 0 Å². The predicted molar refractivity (Wildman–Crippen MR) is 185 cm³/mol. The molecule has 1 atom stereocenters. The van der Waals surface area contributed by atoms with Crippen molar-refractivity contribution >= 4 is 23.4 Å². The Labute approximate surface area is 292 Å². The smallest absolute Gasteiger partial charge is 0.338 e. The molecule has 0 N–H and O–H groups in total. The monoisotopic (exact) mass is 702 g/mol. The first kappa shape index (κ1) is 34.6. The number of para-hydroxylation sites is 1. The Hall–Kier alpha value is -5.27. The zero-order valence-corrected chi connectivity index (χ0v) is 29.3. The van der Waals surface area contributed by atoms with E-state index in [2.05, 4.69) is 0 Å². The normalized spacial score (nSPS) is 15.0. The van der Waals surface area contributed by atoms with Crippen LogP contribution < -0.4 is 43.3 Å². The topological polar surface area (TPSA) is 125 Å². The number of carbonyl (C=O) groups is 1. The first-order valence-electron chi connectivity index (χ1n) is 16.1. The first-order chi connectivity index (χ1) is 24.4. The number of ether oxygens (including phenoxy) is 8. The van der Waals surface area contributed by atoms with Gasteiger partial charge in [0.05, 0.1) is 42.7 Å². The van der Waals surface area contributed by atoms with Crippen LogP contribution in [0, 0.1) is 0 Å². The summed E-state index contributed by atoms with van der Waals surface area (Å²) in [6.07, 6.45) is 1.77. The van der Waals surface area contributed by atoms with E-state index in [0.717, 1.165) is 11.1 Å². The number of fused-ring (bicyclic) bond motifs is 2. The minimum Gasteiger partial charge on any atom is -0.493 e. The maximum atomic E-state index is 14.3. The standard InChI is InChI=1S/C37H38N2O10S/c1-6-44-29-17-23(11-13-26(29)47-20-24-12-14-27-30(18-24)49-21-48-27)19-31-35(40)39-33(25-9-8-10-28(43-5)34(25)45-7-2)32(22(3)38-37(39)50-31)36(41)46-16-15-42-4/h8-14,17-19,33H,6-7,15-16,20-21H2,1-5H3/b31-19+/t33-/m0/s1. The van der Waals surface area contributed by atoms with Gasteiger partial charge in [-0.2, -0.15) is 0 Å². The molecule has 13 heteroatoms. The number of aromatic nitrogens is 1. The summed E-state index contributed by atoms with van der Waals surface area (Å²) in [5.74, 6) is 2.76. The molecule has 0 radical (unpaired) electrons. The van der Waals surface area contributed by atoms with Crippen LogP contribution >= 0.6 is 11.3 Å². The van der Waals surface area contributed by atoms with E-state index in [9.17, 15) is 9.59 Å². The van der Waals surface area contributed by atoms with Crippen LogP contribution in [-0.4, -0.2) is 58.0 Å². The highest BCUT2D eigenvalue weighted by Gasteiger charge is 2.36. The molecule has 0 unspecified atom stereocenters. The van der Waals surface area contributed by atoms with E-state index in [-0.39, 0.29) is 37.7 Å². The molecule has 0 aliphatic carbocycles. The fourth-order valence-corrected chi connectivity index (χ4v) is 6.77. The Morgan fingerprint density at radius 1 is 0.960 bits per heavy atom. The van der Waals surface area contributed by atoms with Crippen LogP contribution in [0.15, 0.2) is 75.7 Å². The van der Waals surface area contributed by atoms with Gasteiger partial charge in [0.2, 0.25) is 6.79 Å². The van der Waals surface area contributed by atoms with Crippen LogP contribution in [0.4, 0.5) is 0 Å². The molecule has 50 heavy (non-hydrogen) atoms. The molecule has 0 spiro atoms. The number of benzene rings is 3. The third kappa shape index (κ3) is 7.05. The van der Waals surface area contributed by atoms with Crippen molar-refractivity contribution in [2.45, 2.75) is 33.4 Å². The van der Waals surface area contributed by atoms with Gasteiger partial charge in [0.25, 0.3) is 5.56 Å². The average Bonchev–Trinajstić information content (AvgIpc) is 3.71. The number of rotatable bonds is 14. The third-order valence-corrected chi connectivity index (χ3v) is 8.95. The number of hydrogen-bond acceptors (Lipinski definition) is 12. The lowest BCUT2D eigenvalue weighted by molar-refractivity contribution is -0.140. The van der Waals surface area contributed by atoms with Crippen molar-refractivity contribution in [2.24, 2.45) is 4.99 Å². The van der Waals surface area contributed by atoms with Crippen LogP contribution in [0.2, 0.25) is 0 Å². The lowest BCUT2D eigenvalue weighted by atomic mass is 9.94. The largest absolute Gasteiger partial charge is 0.493 e. The van der Waals surface area contributed by atoms with Gasteiger partial charge in [-0.3, -0.25) is 9.36 Å². The van der Waals surface area contributed by atoms with Crippen molar-refractivity contribution in [3.05, 3.63) is 102 Å². The molecule has 4 aromatic rings. The average molecular weight is 703 g/mol. The molecule has 3 aromatic carbocycles. The highest BCUT2D eigenvalue weighted by molar-refractivity contribution is 7.07. The van der Waals surface area contributed by atoms with Crippen LogP contribution in [-0.2, 0) is 20.9 Å². The van der Waals surface area contributed by atoms with Gasteiger partial charge in [0.15, 0.2) is 39.3 Å². The summed E-state index contributed by atoms with van der Waals surface area (Å²) in [5, 5.41) is 0. The molecule has 2 aliphatic heterocycles. The van der Waals surface area contributed by atoms with Gasteiger partial charge in [-0.05, 0) is 68.3 Å². The minimum atomic E-state index is -0.897. The zero-order chi connectivity index (χ0) is 35.2. The molecule has 2 aliphatic rings. The fourth-order valence-electron chi connectivity index (χ4n) is 5.73. The second-order valence-electron chi connectivity index (χ2n) is 11.1. The van der Waals surface area contributed by atoms with Crippen molar-refractivity contribution in [3.63, 3.8) is 0 Å². The molecule has 3 heterocycles. The minimum absolute atomic E-state index is 0.0399. The Balaban J connectivity index is 1.39. The summed E-state index contributed by atoms with van der Waals surface area (Å²) in [6.45, 7) is 6.98. The molecule has 0 saturated carbocycles. The molecule has 12 nitrogen and oxygen atoms in total. The molecular weight excluding hydrogens is 664 g/mol. The molecule has 0 bridgehead atoms. The Morgan fingerprint density at radius 3 is 2.56 bits per heavy atom. The maximum Gasteiger partial charge on any atom is 0.338 e. The van der Waals surface area contributed by atoms with Crippen LogP contribution in [0.3, 0.4) is 0 Å². The van der Waals surface area contributed by atoms with Crippen molar-refractivity contribution < 1.29 is 42.7 Å². The van der Waals surface area contributed by atoms with E-state index in [0.29, 0.717) is 68.3 Å². The summed E-state index contributed by atoms with van der Waals surface area (Å²) < 4.78 is 47.2. The van der Waals surface area contributed by atoms with Gasteiger partial charge in [-0.25, -0.2) is 9.79 Å². The van der Waals surface area contributed by atoms with Crippen molar-refractivity contribution in [1.29, 1.82) is 0 Å². The first-order valence-corrected chi connectivity index (χ1v) is 16.9. The Bertz CT molecular complexity index is 2100. The van der Waals surface area contributed by atoms with Crippen molar-refractivity contribution in [2.75, 3.05) is 47.4 Å². The second-order valence-corrected chi connectivity index (χ2v) is 12.1. The predicted octanol–water partition coefficient (Wildman–Crippen LogP) is 4.54. The van der Waals surface area contributed by atoms with E-state index >= 15 is 0 Å². The van der Waals surface area contributed by atoms with Crippen molar-refractivity contribution in [3.8, 4) is 34.5 Å². The summed E-state index contributed by atoms with van der Waals surface area (Å²) in [4.78, 5) is 33.1. The van der Waals surface area contributed by atoms with Gasteiger partial charge in [0, 0.05) is 12.7 Å². The highest BCUT2D eigenvalue weighted by atomic mass is 32.1. The number of esters is 1. The van der Waals surface area contributed by atoms with E-state index < -0.39 is 12.0 Å². The number of thiazole rings is 1. The summed E-state index contributed by atoms with van der Waals surface area (Å²) in [6, 6.07) is 15.6. The fraction of sp³-hybridized carbons (Fsp3) is 0.324. The quantitative estimate of drug-likeness (QED) is 0.137. The van der Waals surface area contributed by atoms with E-state index in [1.54, 1.807) is 25.1 Å². The zero-order valence-electron chi connectivity index (χ0n) is 28.5. The second kappa shape index (κ2) is 15.5. The number of hydrogen-bond donors (Lipinski definition) is 0. The number of allylic oxidation sites excluding steroid dienone is 1. The molecular formula is C37H38N2O10S. The highest BCUT2D eigenvalue weighted by Crippen LogP contribution is 2.41.